The highest BCUT2D eigenvalue weighted by Crippen LogP contribution is 2.37. The molecule has 0 radical (unpaired) electrons. The van der Waals surface area contributed by atoms with E-state index >= 15 is 0 Å². The monoisotopic (exact) mass is 299 g/mol. The van der Waals surface area contributed by atoms with Gasteiger partial charge in [0.05, 0.1) is 6.61 Å². The van der Waals surface area contributed by atoms with Gasteiger partial charge in [0.25, 0.3) is 0 Å². The second kappa shape index (κ2) is 7.99. The van der Waals surface area contributed by atoms with Crippen molar-refractivity contribution in [2.24, 2.45) is 11.3 Å². The van der Waals surface area contributed by atoms with E-state index in [1.165, 1.54) is 0 Å². The maximum Gasteiger partial charge on any atom is 0.315 e. The van der Waals surface area contributed by atoms with Crippen molar-refractivity contribution in [2.75, 3.05) is 27.2 Å². The van der Waals surface area contributed by atoms with Crippen LogP contribution in [0.3, 0.4) is 0 Å². The molecule has 0 bridgehead atoms. The van der Waals surface area contributed by atoms with E-state index in [2.05, 4.69) is 36.3 Å². The Morgan fingerprint density at radius 2 is 2.10 bits per heavy atom. The first kappa shape index (κ1) is 18.2. The Hall–Kier alpha value is -0.810. The lowest BCUT2D eigenvalue weighted by atomic mass is 9.86. The predicted molar refractivity (Wildman–Crippen MR) is 86.3 cm³/mol. The largest absolute Gasteiger partial charge is 0.396 e. The van der Waals surface area contributed by atoms with Gasteiger partial charge in [0, 0.05) is 24.0 Å². The number of aliphatic hydroxyl groups excluding tert-OH is 1. The zero-order valence-electron chi connectivity index (χ0n) is 14.3. The van der Waals surface area contributed by atoms with Crippen LogP contribution in [-0.2, 0) is 0 Å². The Bertz CT molecular complexity index is 323. The molecule has 3 atom stereocenters. The number of amides is 2. The van der Waals surface area contributed by atoms with Crippen LogP contribution in [0.25, 0.3) is 0 Å². The standard InChI is InChI=1S/C16H33N3O2/c1-12(2)9-13(10-19(4)5)17-15(21)18-14-7-6-8-16(14,3)11-20/h12-14,20H,6-11H2,1-5H3,(H2,17,18,21). The van der Waals surface area contributed by atoms with E-state index in [9.17, 15) is 9.90 Å². The molecule has 5 heteroatoms. The summed E-state index contributed by atoms with van der Waals surface area (Å²) in [5.41, 5.74) is -0.174. The van der Waals surface area contributed by atoms with E-state index in [4.69, 9.17) is 0 Å². The maximum absolute atomic E-state index is 12.3. The molecule has 1 aliphatic rings. The van der Waals surface area contributed by atoms with E-state index in [-0.39, 0.29) is 30.1 Å². The van der Waals surface area contributed by atoms with Gasteiger partial charge < -0.3 is 20.6 Å². The number of likely N-dealkylation sites (N-methyl/N-ethyl adjacent to an activating group) is 1. The molecule has 0 aromatic heterocycles. The normalized spacial score (nSPS) is 27.1. The summed E-state index contributed by atoms with van der Waals surface area (Å²) >= 11 is 0. The smallest absolute Gasteiger partial charge is 0.315 e. The average molecular weight is 299 g/mol. The van der Waals surface area contributed by atoms with Crippen molar-refractivity contribution in [1.29, 1.82) is 0 Å². The molecule has 0 aromatic rings. The Kier molecular flexibility index (Phi) is 6.94. The van der Waals surface area contributed by atoms with Gasteiger partial charge in [-0.2, -0.15) is 0 Å². The third-order valence-electron chi connectivity index (χ3n) is 4.43. The van der Waals surface area contributed by atoms with Gasteiger partial charge in [-0.3, -0.25) is 0 Å². The molecular formula is C16H33N3O2. The van der Waals surface area contributed by atoms with Crippen LogP contribution in [0, 0.1) is 11.3 Å². The fraction of sp³-hybridized carbons (Fsp3) is 0.938. The summed E-state index contributed by atoms with van der Waals surface area (Å²) in [7, 11) is 4.04. The van der Waals surface area contributed by atoms with Gasteiger partial charge >= 0.3 is 6.03 Å². The van der Waals surface area contributed by atoms with E-state index in [0.717, 1.165) is 32.2 Å². The molecule has 2 amide bonds. The number of rotatable bonds is 7. The molecule has 0 spiro atoms. The fourth-order valence-corrected chi connectivity index (χ4v) is 3.24. The number of aliphatic hydroxyl groups is 1. The Balaban J connectivity index is 2.53. The molecule has 1 rings (SSSR count). The van der Waals surface area contributed by atoms with Crippen molar-refractivity contribution in [3.05, 3.63) is 0 Å². The van der Waals surface area contributed by atoms with E-state index in [1.54, 1.807) is 0 Å². The van der Waals surface area contributed by atoms with Gasteiger partial charge in [0.15, 0.2) is 0 Å². The number of nitrogens with one attached hydrogen (secondary N) is 2. The highest BCUT2D eigenvalue weighted by atomic mass is 16.3. The van der Waals surface area contributed by atoms with Crippen molar-refractivity contribution >= 4 is 6.03 Å². The van der Waals surface area contributed by atoms with Crippen LogP contribution in [0.2, 0.25) is 0 Å². The molecule has 0 aliphatic heterocycles. The molecule has 1 aliphatic carbocycles. The van der Waals surface area contributed by atoms with Crippen molar-refractivity contribution < 1.29 is 9.90 Å². The molecule has 0 aromatic carbocycles. The second-order valence-corrected chi connectivity index (χ2v) is 7.46. The van der Waals surface area contributed by atoms with Crippen LogP contribution >= 0.6 is 0 Å². The number of carbonyl (C=O) groups is 1. The molecule has 0 heterocycles. The average Bonchev–Trinajstić information content (AvgIpc) is 2.69. The second-order valence-electron chi connectivity index (χ2n) is 7.46. The van der Waals surface area contributed by atoms with Crippen LogP contribution in [-0.4, -0.2) is 55.4 Å². The summed E-state index contributed by atoms with van der Waals surface area (Å²) < 4.78 is 0. The van der Waals surface area contributed by atoms with Crippen molar-refractivity contribution in [3.63, 3.8) is 0 Å². The SMILES string of the molecule is CC(C)CC(CN(C)C)NC(=O)NC1CCCC1(C)CO. The minimum Gasteiger partial charge on any atom is -0.396 e. The van der Waals surface area contributed by atoms with Crippen molar-refractivity contribution in [3.8, 4) is 0 Å². The minimum atomic E-state index is -0.174. The third-order valence-corrected chi connectivity index (χ3v) is 4.43. The topological polar surface area (TPSA) is 64.6 Å². The van der Waals surface area contributed by atoms with Crippen LogP contribution in [0.15, 0.2) is 0 Å². The number of urea groups is 1. The lowest BCUT2D eigenvalue weighted by Gasteiger charge is -2.31. The van der Waals surface area contributed by atoms with Crippen LogP contribution in [0.5, 0.6) is 0 Å². The zero-order chi connectivity index (χ0) is 16.0. The lowest BCUT2D eigenvalue weighted by molar-refractivity contribution is 0.120. The summed E-state index contributed by atoms with van der Waals surface area (Å²) in [6, 6.07) is 0.123. The zero-order valence-corrected chi connectivity index (χ0v) is 14.3. The summed E-state index contributed by atoms with van der Waals surface area (Å²) in [6.07, 6.45) is 3.96. The predicted octanol–water partition coefficient (Wildman–Crippen LogP) is 1.81. The Morgan fingerprint density at radius 3 is 2.62 bits per heavy atom. The molecule has 124 valence electrons. The highest BCUT2D eigenvalue weighted by molar-refractivity contribution is 5.74. The molecule has 1 saturated carbocycles. The summed E-state index contributed by atoms with van der Waals surface area (Å²) in [5.74, 6) is 0.546. The maximum atomic E-state index is 12.3. The summed E-state index contributed by atoms with van der Waals surface area (Å²) in [4.78, 5) is 14.4. The minimum absolute atomic E-state index is 0.0709. The van der Waals surface area contributed by atoms with Gasteiger partial charge in [0.1, 0.15) is 0 Å². The van der Waals surface area contributed by atoms with E-state index in [1.807, 2.05) is 14.1 Å². The number of hydrogen-bond donors (Lipinski definition) is 3. The number of hydrogen-bond acceptors (Lipinski definition) is 3. The van der Waals surface area contributed by atoms with Gasteiger partial charge in [-0.1, -0.05) is 27.2 Å². The molecular weight excluding hydrogens is 266 g/mol. The quantitative estimate of drug-likeness (QED) is 0.672. The molecule has 1 fully saturated rings. The van der Waals surface area contributed by atoms with Crippen LogP contribution < -0.4 is 10.6 Å². The number of carbonyl (C=O) groups excluding carboxylic acids is 1. The first-order valence-corrected chi connectivity index (χ1v) is 8.09. The molecule has 21 heavy (non-hydrogen) atoms. The molecule has 0 saturated heterocycles. The van der Waals surface area contributed by atoms with Crippen LogP contribution in [0.1, 0.15) is 46.5 Å². The lowest BCUT2D eigenvalue weighted by Crippen LogP contribution is -2.52. The summed E-state index contributed by atoms with van der Waals surface area (Å²) in [6.45, 7) is 7.36. The molecule has 3 unspecified atom stereocenters. The van der Waals surface area contributed by atoms with Gasteiger partial charge in [-0.15, -0.1) is 0 Å². The molecule has 3 N–H and O–H groups in total. The Labute approximate surface area is 129 Å². The van der Waals surface area contributed by atoms with Crippen molar-refractivity contribution in [1.82, 2.24) is 15.5 Å². The van der Waals surface area contributed by atoms with Gasteiger partial charge in [-0.05, 0) is 39.3 Å². The van der Waals surface area contributed by atoms with Crippen LogP contribution in [0.4, 0.5) is 4.79 Å². The highest BCUT2D eigenvalue weighted by Gasteiger charge is 2.39. The first-order chi connectivity index (χ1) is 9.76. The van der Waals surface area contributed by atoms with Crippen molar-refractivity contribution in [2.45, 2.75) is 58.5 Å². The number of nitrogens with zero attached hydrogens (tertiary/aromatic N) is 1. The fourth-order valence-electron chi connectivity index (χ4n) is 3.24. The Morgan fingerprint density at radius 1 is 1.43 bits per heavy atom. The first-order valence-electron chi connectivity index (χ1n) is 8.09. The third kappa shape index (κ3) is 5.83. The van der Waals surface area contributed by atoms with E-state index in [0.29, 0.717) is 5.92 Å². The van der Waals surface area contributed by atoms with Gasteiger partial charge in [0.2, 0.25) is 0 Å². The van der Waals surface area contributed by atoms with Gasteiger partial charge in [-0.25, -0.2) is 4.79 Å². The molecule has 5 nitrogen and oxygen atoms in total. The van der Waals surface area contributed by atoms with E-state index < -0.39 is 0 Å². The summed E-state index contributed by atoms with van der Waals surface area (Å²) in [5, 5.41) is 15.7.